The van der Waals surface area contributed by atoms with Gasteiger partial charge in [-0.15, -0.1) is 11.8 Å². The fraction of sp³-hybridized carbons (Fsp3) is 0.579. The van der Waals surface area contributed by atoms with Gasteiger partial charge in [-0.1, -0.05) is 17.7 Å². The number of hydrogen-bond acceptors (Lipinski definition) is 6. The number of anilines is 1. The van der Waals surface area contributed by atoms with E-state index in [2.05, 4.69) is 24.8 Å². The minimum atomic E-state index is -0.281. The van der Waals surface area contributed by atoms with Gasteiger partial charge in [0.05, 0.1) is 31.0 Å². The van der Waals surface area contributed by atoms with E-state index in [0.717, 1.165) is 40.1 Å². The number of allylic oxidation sites excluding steroid dienone is 1. The molecule has 2 aliphatic heterocycles. The third-order valence-corrected chi connectivity index (χ3v) is 5.63. The monoisotopic (exact) mass is 393 g/mol. The molecule has 1 aromatic heterocycles. The summed E-state index contributed by atoms with van der Waals surface area (Å²) in [6.45, 7) is 9.48. The van der Waals surface area contributed by atoms with Crippen molar-refractivity contribution < 1.29 is 9.47 Å². The number of ether oxygens (including phenoxy) is 2. The smallest absolute Gasteiger partial charge is 0.135 e. The van der Waals surface area contributed by atoms with Gasteiger partial charge in [-0.05, 0) is 26.3 Å². The van der Waals surface area contributed by atoms with E-state index in [1.54, 1.807) is 11.8 Å². The van der Waals surface area contributed by atoms with Crippen molar-refractivity contribution in [1.82, 2.24) is 4.98 Å². The van der Waals surface area contributed by atoms with Gasteiger partial charge in [0.25, 0.3) is 0 Å². The van der Waals surface area contributed by atoms with Crippen LogP contribution < -0.4 is 4.90 Å². The lowest BCUT2D eigenvalue weighted by Crippen LogP contribution is -2.39. The highest BCUT2D eigenvalue weighted by molar-refractivity contribution is 7.99. The van der Waals surface area contributed by atoms with Gasteiger partial charge >= 0.3 is 0 Å². The van der Waals surface area contributed by atoms with Gasteiger partial charge < -0.3 is 14.4 Å². The first-order chi connectivity index (χ1) is 12.4. The highest BCUT2D eigenvalue weighted by atomic mass is 35.5. The molecule has 26 heavy (non-hydrogen) atoms. The number of pyridine rings is 1. The number of halogens is 1. The van der Waals surface area contributed by atoms with E-state index in [4.69, 9.17) is 26.1 Å². The lowest BCUT2D eigenvalue weighted by molar-refractivity contribution is -0.0402. The topological polar surface area (TPSA) is 58.4 Å². The van der Waals surface area contributed by atoms with Crippen LogP contribution in [-0.4, -0.2) is 42.6 Å². The maximum atomic E-state index is 9.84. The van der Waals surface area contributed by atoms with Gasteiger partial charge in [-0.3, -0.25) is 0 Å². The van der Waals surface area contributed by atoms with Gasteiger partial charge in [0.15, 0.2) is 0 Å². The van der Waals surface area contributed by atoms with Crippen LogP contribution in [0, 0.1) is 11.3 Å². The molecule has 1 saturated heterocycles. The maximum Gasteiger partial charge on any atom is 0.135 e. The lowest BCUT2D eigenvalue weighted by Gasteiger charge is -2.36. The van der Waals surface area contributed by atoms with Crippen LogP contribution in [0.3, 0.4) is 0 Å². The Morgan fingerprint density at radius 1 is 1.38 bits per heavy atom. The molecule has 0 N–H and O–H groups in total. The van der Waals surface area contributed by atoms with Crippen molar-refractivity contribution >= 4 is 29.2 Å². The number of fused-ring (bicyclic) bond motifs is 1. The summed E-state index contributed by atoms with van der Waals surface area (Å²) in [6, 6.07) is 2.39. The summed E-state index contributed by atoms with van der Waals surface area (Å²) < 4.78 is 11.5. The van der Waals surface area contributed by atoms with E-state index in [9.17, 15) is 5.26 Å². The maximum absolute atomic E-state index is 9.84. The molecule has 0 unspecified atom stereocenters. The molecule has 1 aromatic rings. The standard InChI is InChI=1S/C19H24ClN3O2S/c1-13(20)4-9-26-18-15(11-21)14-10-19(2,3)25-12-16(14)17(22-18)23-5-7-24-8-6-23/h4H,5-10,12H2,1-3H3. The summed E-state index contributed by atoms with van der Waals surface area (Å²) in [4.78, 5) is 7.13. The largest absolute Gasteiger partial charge is 0.378 e. The van der Waals surface area contributed by atoms with Crippen molar-refractivity contribution in [3.63, 3.8) is 0 Å². The Morgan fingerprint density at radius 2 is 2.12 bits per heavy atom. The Kier molecular flexibility index (Phi) is 6.13. The van der Waals surface area contributed by atoms with Crippen LogP contribution in [0.25, 0.3) is 0 Å². The number of morpholine rings is 1. The SMILES string of the molecule is CC(Cl)=CCSc1nc(N2CCOCC2)c2c(c1C#N)CC(C)(C)OC2. The molecular formula is C19H24ClN3O2S. The zero-order valence-electron chi connectivity index (χ0n) is 15.5. The summed E-state index contributed by atoms with van der Waals surface area (Å²) in [6.07, 6.45) is 2.65. The fourth-order valence-corrected chi connectivity index (χ4v) is 4.34. The highest BCUT2D eigenvalue weighted by Crippen LogP contribution is 2.38. The number of thioether (sulfide) groups is 1. The molecule has 0 radical (unpaired) electrons. The third kappa shape index (κ3) is 4.34. The predicted molar refractivity (Wildman–Crippen MR) is 105 cm³/mol. The van der Waals surface area contributed by atoms with Crippen molar-refractivity contribution in [2.24, 2.45) is 0 Å². The van der Waals surface area contributed by atoms with Crippen LogP contribution in [0.15, 0.2) is 16.1 Å². The summed E-state index contributed by atoms with van der Waals surface area (Å²) in [5.41, 5.74) is 2.53. The second kappa shape index (κ2) is 8.18. The molecule has 0 aromatic carbocycles. The molecule has 7 heteroatoms. The Hall–Kier alpha value is -1.26. The van der Waals surface area contributed by atoms with Crippen LogP contribution in [0.1, 0.15) is 37.5 Å². The van der Waals surface area contributed by atoms with Crippen LogP contribution in [0.2, 0.25) is 0 Å². The molecule has 0 amide bonds. The summed E-state index contributed by atoms with van der Waals surface area (Å²) in [5, 5.41) is 11.4. The van der Waals surface area contributed by atoms with E-state index in [1.807, 2.05) is 13.0 Å². The number of nitrogens with zero attached hydrogens (tertiary/aromatic N) is 3. The molecule has 3 rings (SSSR count). The van der Waals surface area contributed by atoms with E-state index in [1.165, 1.54) is 0 Å². The Balaban J connectivity index is 2.06. The normalized spacial score (nSPS) is 19.8. The Bertz CT molecular complexity index is 748. The van der Waals surface area contributed by atoms with Gasteiger partial charge in [0.2, 0.25) is 0 Å². The zero-order valence-corrected chi connectivity index (χ0v) is 17.0. The quantitative estimate of drug-likeness (QED) is 0.723. The Labute approximate surface area is 164 Å². The average molecular weight is 394 g/mol. The first kappa shape index (κ1) is 19.5. The molecule has 140 valence electrons. The number of aromatic nitrogens is 1. The lowest BCUT2D eigenvalue weighted by atomic mass is 9.89. The minimum absolute atomic E-state index is 0.281. The van der Waals surface area contributed by atoms with Crippen LogP contribution in [0.4, 0.5) is 5.82 Å². The van der Waals surface area contributed by atoms with Gasteiger partial charge in [0.1, 0.15) is 16.9 Å². The second-order valence-electron chi connectivity index (χ2n) is 7.11. The highest BCUT2D eigenvalue weighted by Gasteiger charge is 2.33. The predicted octanol–water partition coefficient (Wildman–Crippen LogP) is 3.88. The molecule has 0 bridgehead atoms. The first-order valence-electron chi connectivity index (χ1n) is 8.79. The summed E-state index contributed by atoms with van der Waals surface area (Å²) in [5.74, 6) is 1.63. The summed E-state index contributed by atoms with van der Waals surface area (Å²) >= 11 is 7.51. The fourth-order valence-electron chi connectivity index (χ4n) is 3.22. The van der Waals surface area contributed by atoms with Crippen molar-refractivity contribution in [2.45, 2.75) is 44.4 Å². The third-order valence-electron chi connectivity index (χ3n) is 4.57. The number of hydrogen-bond donors (Lipinski definition) is 0. The molecule has 0 aliphatic carbocycles. The molecular weight excluding hydrogens is 370 g/mol. The van der Waals surface area contributed by atoms with Gasteiger partial charge in [0, 0.05) is 35.9 Å². The zero-order chi connectivity index (χ0) is 18.7. The van der Waals surface area contributed by atoms with Crippen molar-refractivity contribution in [2.75, 3.05) is 37.0 Å². The van der Waals surface area contributed by atoms with E-state index < -0.39 is 0 Å². The first-order valence-corrected chi connectivity index (χ1v) is 10.1. The van der Waals surface area contributed by atoms with Crippen LogP contribution in [-0.2, 0) is 22.5 Å². The van der Waals surface area contributed by atoms with Gasteiger partial charge in [-0.25, -0.2) is 4.98 Å². The second-order valence-corrected chi connectivity index (χ2v) is 8.72. The molecule has 0 spiro atoms. The van der Waals surface area contributed by atoms with Crippen LogP contribution in [0.5, 0.6) is 0 Å². The van der Waals surface area contributed by atoms with E-state index in [-0.39, 0.29) is 5.60 Å². The van der Waals surface area contributed by atoms with E-state index in [0.29, 0.717) is 37.6 Å². The minimum Gasteiger partial charge on any atom is -0.378 e. The van der Waals surface area contributed by atoms with Crippen molar-refractivity contribution in [3.8, 4) is 6.07 Å². The van der Waals surface area contributed by atoms with Crippen molar-refractivity contribution in [1.29, 1.82) is 5.26 Å². The number of rotatable bonds is 4. The molecule has 0 saturated carbocycles. The number of nitriles is 1. The molecule has 3 heterocycles. The molecule has 5 nitrogen and oxygen atoms in total. The molecule has 2 aliphatic rings. The van der Waals surface area contributed by atoms with Gasteiger partial charge in [-0.2, -0.15) is 5.26 Å². The van der Waals surface area contributed by atoms with E-state index >= 15 is 0 Å². The van der Waals surface area contributed by atoms with Crippen LogP contribution >= 0.6 is 23.4 Å². The average Bonchev–Trinajstić information content (AvgIpc) is 2.60. The Morgan fingerprint density at radius 3 is 2.77 bits per heavy atom. The van der Waals surface area contributed by atoms with Crippen molar-refractivity contribution in [3.05, 3.63) is 27.8 Å². The molecule has 0 atom stereocenters. The molecule has 1 fully saturated rings. The summed E-state index contributed by atoms with van der Waals surface area (Å²) in [7, 11) is 0.